The second-order valence-corrected chi connectivity index (χ2v) is 3.77. The van der Waals surface area contributed by atoms with Crippen molar-refractivity contribution in [2.45, 2.75) is 39.7 Å². The Morgan fingerprint density at radius 1 is 1.50 bits per heavy atom. The van der Waals surface area contributed by atoms with Crippen molar-refractivity contribution in [1.29, 1.82) is 0 Å². The quantitative estimate of drug-likeness (QED) is 0.624. The highest BCUT2D eigenvalue weighted by atomic mass is 16.1. The summed E-state index contributed by atoms with van der Waals surface area (Å²) in [5.41, 5.74) is 5.55. The molecule has 0 saturated heterocycles. The van der Waals surface area contributed by atoms with Crippen LogP contribution in [0.1, 0.15) is 34.1 Å². The van der Waals surface area contributed by atoms with Gasteiger partial charge < -0.3 is 11.1 Å². The Morgan fingerprint density at radius 2 is 2.00 bits per heavy atom. The van der Waals surface area contributed by atoms with Crippen LogP contribution in [0.4, 0.5) is 0 Å². The third kappa shape index (κ3) is 4.77. The lowest BCUT2D eigenvalue weighted by Crippen LogP contribution is -2.39. The second kappa shape index (κ2) is 4.14. The van der Waals surface area contributed by atoms with E-state index in [1.807, 2.05) is 27.7 Å². The van der Waals surface area contributed by atoms with Gasteiger partial charge in [-0.15, -0.1) is 0 Å². The number of rotatable bonds is 3. The molecular formula is C9H18N2O. The van der Waals surface area contributed by atoms with Gasteiger partial charge in [-0.25, -0.2) is 0 Å². The zero-order chi connectivity index (χ0) is 9.78. The molecule has 0 aromatic carbocycles. The predicted molar refractivity (Wildman–Crippen MR) is 50.5 cm³/mol. The van der Waals surface area contributed by atoms with E-state index < -0.39 is 5.91 Å². The molecule has 0 bridgehead atoms. The monoisotopic (exact) mass is 170 g/mol. The molecule has 0 fully saturated rings. The van der Waals surface area contributed by atoms with Crippen molar-refractivity contribution in [3.63, 3.8) is 0 Å². The van der Waals surface area contributed by atoms with E-state index in [9.17, 15) is 4.79 Å². The van der Waals surface area contributed by atoms with Crippen LogP contribution in [-0.4, -0.2) is 11.4 Å². The number of carbonyl (C=O) groups is 1. The predicted octanol–water partition coefficient (Wildman–Crippen LogP) is 1.15. The van der Waals surface area contributed by atoms with Gasteiger partial charge in [0.05, 0.1) is 5.70 Å². The van der Waals surface area contributed by atoms with E-state index in [2.05, 4.69) is 5.32 Å². The molecule has 3 N–H and O–H groups in total. The van der Waals surface area contributed by atoms with Crippen LogP contribution in [-0.2, 0) is 4.79 Å². The molecule has 0 rings (SSSR count). The van der Waals surface area contributed by atoms with Gasteiger partial charge in [0, 0.05) is 5.54 Å². The largest absolute Gasteiger partial charge is 0.376 e. The van der Waals surface area contributed by atoms with E-state index in [1.165, 1.54) is 0 Å². The van der Waals surface area contributed by atoms with Crippen LogP contribution in [0.3, 0.4) is 0 Å². The average Bonchev–Trinajstić information content (AvgIpc) is 1.83. The Labute approximate surface area is 74.0 Å². The van der Waals surface area contributed by atoms with Crippen LogP contribution < -0.4 is 11.1 Å². The summed E-state index contributed by atoms with van der Waals surface area (Å²) in [6.45, 7) is 7.92. The highest BCUT2D eigenvalue weighted by Crippen LogP contribution is 2.03. The number of nitrogens with one attached hydrogen (secondary N) is 1. The Morgan fingerprint density at radius 3 is 2.25 bits per heavy atom. The summed E-state index contributed by atoms with van der Waals surface area (Å²) >= 11 is 0. The van der Waals surface area contributed by atoms with E-state index in [1.54, 1.807) is 6.08 Å². The van der Waals surface area contributed by atoms with Gasteiger partial charge in [-0.1, -0.05) is 13.0 Å². The summed E-state index contributed by atoms with van der Waals surface area (Å²) in [4.78, 5) is 10.9. The lowest BCUT2D eigenvalue weighted by molar-refractivity contribution is -0.115. The lowest BCUT2D eigenvalue weighted by Gasteiger charge is -2.22. The topological polar surface area (TPSA) is 55.1 Å². The summed E-state index contributed by atoms with van der Waals surface area (Å²) < 4.78 is 0. The van der Waals surface area contributed by atoms with Crippen molar-refractivity contribution in [3.05, 3.63) is 11.8 Å². The van der Waals surface area contributed by atoms with E-state index >= 15 is 0 Å². The Balaban J connectivity index is 4.36. The maximum atomic E-state index is 10.9. The molecule has 0 atom stereocenters. The molecule has 0 spiro atoms. The van der Waals surface area contributed by atoms with Crippen molar-refractivity contribution in [2.24, 2.45) is 5.73 Å². The Hall–Kier alpha value is -0.990. The van der Waals surface area contributed by atoms with Crippen LogP contribution in [0, 0.1) is 0 Å². The third-order valence-corrected chi connectivity index (χ3v) is 1.18. The minimum absolute atomic E-state index is 0.115. The number of allylic oxidation sites excluding steroid dienone is 1. The maximum absolute atomic E-state index is 10.9. The van der Waals surface area contributed by atoms with Crippen LogP contribution in [0.25, 0.3) is 0 Å². The molecule has 3 nitrogen and oxygen atoms in total. The fourth-order valence-corrected chi connectivity index (χ4v) is 0.821. The maximum Gasteiger partial charge on any atom is 0.264 e. The van der Waals surface area contributed by atoms with Gasteiger partial charge in [0.15, 0.2) is 0 Å². The van der Waals surface area contributed by atoms with Crippen LogP contribution in [0.15, 0.2) is 11.8 Å². The van der Waals surface area contributed by atoms with Crippen LogP contribution in [0.2, 0.25) is 0 Å². The number of amides is 1. The number of primary amides is 1. The Kier molecular flexibility index (Phi) is 3.80. The molecule has 0 radical (unpaired) electrons. The Bertz CT molecular complexity index is 189. The number of nitrogens with two attached hydrogens (primary N) is 1. The summed E-state index contributed by atoms with van der Waals surface area (Å²) in [5, 5.41) is 3.04. The van der Waals surface area contributed by atoms with Crippen molar-refractivity contribution in [1.82, 2.24) is 5.32 Å². The average molecular weight is 170 g/mol. The molecule has 0 aromatic rings. The standard InChI is InChI=1S/C9H18N2O/c1-5-6-7(8(10)12)11-9(2,3)4/h6,11H,5H2,1-4H3,(H2,10,12). The van der Waals surface area contributed by atoms with Gasteiger partial charge in [0.1, 0.15) is 0 Å². The summed E-state index contributed by atoms with van der Waals surface area (Å²) in [6.07, 6.45) is 2.61. The van der Waals surface area contributed by atoms with E-state index in [0.717, 1.165) is 6.42 Å². The van der Waals surface area contributed by atoms with E-state index in [4.69, 9.17) is 5.73 Å². The SMILES string of the molecule is CCC=C(NC(C)(C)C)C(N)=O. The van der Waals surface area contributed by atoms with Crippen LogP contribution in [0.5, 0.6) is 0 Å². The van der Waals surface area contributed by atoms with E-state index in [0.29, 0.717) is 5.70 Å². The van der Waals surface area contributed by atoms with Crippen molar-refractivity contribution in [3.8, 4) is 0 Å². The first kappa shape index (κ1) is 11.0. The van der Waals surface area contributed by atoms with Gasteiger partial charge in [0.25, 0.3) is 5.91 Å². The first-order valence-electron chi connectivity index (χ1n) is 4.15. The molecule has 1 amide bonds. The van der Waals surface area contributed by atoms with Gasteiger partial charge in [-0.05, 0) is 27.2 Å². The number of hydrogen-bond acceptors (Lipinski definition) is 2. The number of hydrogen-bond donors (Lipinski definition) is 2. The molecule has 0 aromatic heterocycles. The second-order valence-electron chi connectivity index (χ2n) is 3.77. The molecule has 0 aliphatic heterocycles. The smallest absolute Gasteiger partial charge is 0.264 e. The molecule has 12 heavy (non-hydrogen) atoms. The lowest BCUT2D eigenvalue weighted by atomic mass is 10.1. The molecule has 0 aliphatic rings. The molecule has 0 saturated carbocycles. The normalized spacial score (nSPS) is 12.8. The van der Waals surface area contributed by atoms with Gasteiger partial charge in [-0.3, -0.25) is 4.79 Å². The van der Waals surface area contributed by atoms with E-state index in [-0.39, 0.29) is 5.54 Å². The van der Waals surface area contributed by atoms with Gasteiger partial charge in [-0.2, -0.15) is 0 Å². The summed E-state index contributed by atoms with van der Waals surface area (Å²) in [6, 6.07) is 0. The highest BCUT2D eigenvalue weighted by molar-refractivity contribution is 5.91. The molecule has 0 heterocycles. The van der Waals surface area contributed by atoms with Gasteiger partial charge >= 0.3 is 0 Å². The minimum Gasteiger partial charge on any atom is -0.376 e. The van der Waals surface area contributed by atoms with Crippen molar-refractivity contribution < 1.29 is 4.79 Å². The highest BCUT2D eigenvalue weighted by Gasteiger charge is 2.13. The van der Waals surface area contributed by atoms with Gasteiger partial charge in [0.2, 0.25) is 0 Å². The summed E-state index contributed by atoms with van der Waals surface area (Å²) in [7, 11) is 0. The fourth-order valence-electron chi connectivity index (χ4n) is 0.821. The van der Waals surface area contributed by atoms with Crippen molar-refractivity contribution >= 4 is 5.91 Å². The zero-order valence-corrected chi connectivity index (χ0v) is 8.27. The minimum atomic E-state index is -0.397. The molecule has 3 heteroatoms. The fraction of sp³-hybridized carbons (Fsp3) is 0.667. The summed E-state index contributed by atoms with van der Waals surface area (Å²) in [5.74, 6) is -0.397. The zero-order valence-electron chi connectivity index (χ0n) is 8.27. The molecule has 0 unspecified atom stereocenters. The molecule has 70 valence electrons. The van der Waals surface area contributed by atoms with Crippen LogP contribution >= 0.6 is 0 Å². The molecular weight excluding hydrogens is 152 g/mol. The molecule has 0 aliphatic carbocycles. The third-order valence-electron chi connectivity index (χ3n) is 1.18. The number of carbonyl (C=O) groups excluding carboxylic acids is 1. The first-order chi connectivity index (χ1) is 5.37. The van der Waals surface area contributed by atoms with Crippen molar-refractivity contribution in [2.75, 3.05) is 0 Å². The first-order valence-corrected chi connectivity index (χ1v) is 4.15.